The molecule has 2 N–H and O–H groups in total. The third-order valence-corrected chi connectivity index (χ3v) is 5.43. The van der Waals surface area contributed by atoms with Crippen LogP contribution in [0.3, 0.4) is 0 Å². The van der Waals surface area contributed by atoms with Crippen molar-refractivity contribution in [3.8, 4) is 0 Å². The molecule has 0 radical (unpaired) electrons. The molecule has 0 saturated heterocycles. The molecule has 0 atom stereocenters. The predicted molar refractivity (Wildman–Crippen MR) is 116 cm³/mol. The average molecular weight is 429 g/mol. The number of furan rings is 1. The lowest BCUT2D eigenvalue weighted by molar-refractivity contribution is -0.116. The van der Waals surface area contributed by atoms with Crippen LogP contribution in [0.5, 0.6) is 0 Å². The van der Waals surface area contributed by atoms with Crippen LogP contribution in [-0.4, -0.2) is 17.6 Å². The highest BCUT2D eigenvalue weighted by Crippen LogP contribution is 2.22. The minimum atomic E-state index is -0.268. The van der Waals surface area contributed by atoms with E-state index in [-0.39, 0.29) is 18.4 Å². The normalized spacial score (nSPS) is 10.5. The van der Waals surface area contributed by atoms with Crippen LogP contribution in [0, 0.1) is 0 Å². The number of carbonyl (C=O) groups is 2. The molecule has 29 heavy (non-hydrogen) atoms. The Labute approximate surface area is 178 Å². The van der Waals surface area contributed by atoms with Crippen molar-refractivity contribution < 1.29 is 14.0 Å². The van der Waals surface area contributed by atoms with E-state index in [0.717, 1.165) is 17.1 Å². The number of amides is 2. The van der Waals surface area contributed by atoms with Gasteiger partial charge in [-0.2, -0.15) is 0 Å². The van der Waals surface area contributed by atoms with E-state index >= 15 is 0 Å². The van der Waals surface area contributed by atoms with E-state index < -0.39 is 0 Å². The molecule has 1 heterocycles. The van der Waals surface area contributed by atoms with Gasteiger partial charge in [0.05, 0.1) is 24.1 Å². The average Bonchev–Trinajstić information content (AvgIpc) is 3.25. The summed E-state index contributed by atoms with van der Waals surface area (Å²) in [5, 5.41) is 6.34. The van der Waals surface area contributed by atoms with E-state index in [1.54, 1.807) is 54.4 Å². The van der Waals surface area contributed by atoms with E-state index in [4.69, 9.17) is 16.0 Å². The van der Waals surface area contributed by atoms with E-state index in [2.05, 4.69) is 10.6 Å². The van der Waals surface area contributed by atoms with E-state index in [9.17, 15) is 9.59 Å². The number of hydrogen-bond acceptors (Lipinski definition) is 4. The van der Waals surface area contributed by atoms with Gasteiger partial charge in [0.15, 0.2) is 0 Å². The Hall–Kier alpha value is -2.70. The zero-order valence-electron chi connectivity index (χ0n) is 15.7. The summed E-state index contributed by atoms with van der Waals surface area (Å²) in [5.74, 6) is 1.10. The molecule has 0 aliphatic heterocycles. The monoisotopic (exact) mass is 428 g/mol. The second kappa shape index (κ2) is 10.7. The molecule has 3 aromatic rings. The molecule has 5 nitrogen and oxygen atoms in total. The van der Waals surface area contributed by atoms with Gasteiger partial charge in [0.25, 0.3) is 5.91 Å². The Morgan fingerprint density at radius 2 is 1.79 bits per heavy atom. The molecule has 0 spiro atoms. The number of para-hydroxylation sites is 1. The molecule has 0 unspecified atom stereocenters. The fraction of sp³-hybridized carbons (Fsp3) is 0.182. The van der Waals surface area contributed by atoms with Crippen LogP contribution in [0.15, 0.2) is 76.2 Å². The lowest BCUT2D eigenvalue weighted by Crippen LogP contribution is -2.24. The van der Waals surface area contributed by atoms with Gasteiger partial charge in [-0.15, -0.1) is 11.8 Å². The fourth-order valence-electron chi connectivity index (χ4n) is 2.63. The number of rotatable bonds is 9. The summed E-state index contributed by atoms with van der Waals surface area (Å²) in [6.07, 6.45) is 2.66. The number of hydrogen-bond donors (Lipinski definition) is 2. The maximum Gasteiger partial charge on any atom is 0.253 e. The molecule has 2 aromatic carbocycles. The van der Waals surface area contributed by atoms with Crippen molar-refractivity contribution in [2.75, 3.05) is 11.1 Å². The van der Waals surface area contributed by atoms with E-state index in [0.29, 0.717) is 28.5 Å². The summed E-state index contributed by atoms with van der Waals surface area (Å²) in [5.41, 5.74) is 0.919. The van der Waals surface area contributed by atoms with Crippen LogP contribution in [0.25, 0.3) is 0 Å². The molecule has 1 aromatic heterocycles. The Kier molecular flexibility index (Phi) is 7.78. The highest BCUT2D eigenvalue weighted by molar-refractivity contribution is 7.99. The zero-order chi connectivity index (χ0) is 20.5. The van der Waals surface area contributed by atoms with E-state index in [1.807, 2.05) is 24.3 Å². The van der Waals surface area contributed by atoms with Gasteiger partial charge in [-0.25, -0.2) is 0 Å². The number of thioether (sulfide) groups is 1. The van der Waals surface area contributed by atoms with Crippen LogP contribution in [0.4, 0.5) is 5.69 Å². The lowest BCUT2D eigenvalue weighted by atomic mass is 10.1. The highest BCUT2D eigenvalue weighted by Gasteiger charge is 2.13. The van der Waals surface area contributed by atoms with Crippen molar-refractivity contribution in [3.63, 3.8) is 0 Å². The van der Waals surface area contributed by atoms with Crippen LogP contribution in [0.1, 0.15) is 29.0 Å². The summed E-state index contributed by atoms with van der Waals surface area (Å²) >= 11 is 7.56. The largest absolute Gasteiger partial charge is 0.467 e. The summed E-state index contributed by atoms with van der Waals surface area (Å²) < 4.78 is 5.21. The molecule has 0 aliphatic rings. The molecule has 0 saturated carbocycles. The molecule has 3 rings (SSSR count). The molecular formula is C22H21ClN2O3S. The number of anilines is 1. The second-order valence-electron chi connectivity index (χ2n) is 6.26. The minimum Gasteiger partial charge on any atom is -0.467 e. The minimum absolute atomic E-state index is 0.118. The Balaban J connectivity index is 1.47. The third-order valence-electron chi connectivity index (χ3n) is 4.08. The number of carbonyl (C=O) groups excluding carboxylic acids is 2. The van der Waals surface area contributed by atoms with Crippen LogP contribution >= 0.6 is 23.4 Å². The third kappa shape index (κ3) is 6.69. The maximum atomic E-state index is 12.5. The quantitative estimate of drug-likeness (QED) is 0.355. The van der Waals surface area contributed by atoms with E-state index in [1.165, 1.54) is 0 Å². The van der Waals surface area contributed by atoms with Gasteiger partial charge >= 0.3 is 0 Å². The van der Waals surface area contributed by atoms with Crippen molar-refractivity contribution in [1.29, 1.82) is 0 Å². The Morgan fingerprint density at radius 1 is 1.00 bits per heavy atom. The summed E-state index contributed by atoms with van der Waals surface area (Å²) in [7, 11) is 0. The zero-order valence-corrected chi connectivity index (χ0v) is 17.3. The van der Waals surface area contributed by atoms with Crippen LogP contribution in [-0.2, 0) is 11.3 Å². The first-order valence-corrected chi connectivity index (χ1v) is 10.6. The van der Waals surface area contributed by atoms with Crippen molar-refractivity contribution >= 4 is 40.9 Å². The molecular weight excluding hydrogens is 408 g/mol. The topological polar surface area (TPSA) is 71.3 Å². The summed E-state index contributed by atoms with van der Waals surface area (Å²) in [6, 6.07) is 18.1. The first-order valence-electron chi connectivity index (χ1n) is 9.19. The molecule has 0 aliphatic carbocycles. The predicted octanol–water partition coefficient (Wildman–Crippen LogP) is 5.37. The first-order chi connectivity index (χ1) is 14.1. The van der Waals surface area contributed by atoms with Crippen LogP contribution < -0.4 is 10.6 Å². The van der Waals surface area contributed by atoms with Crippen molar-refractivity contribution in [1.82, 2.24) is 5.32 Å². The van der Waals surface area contributed by atoms with Gasteiger partial charge in [0, 0.05) is 16.3 Å². The van der Waals surface area contributed by atoms with Gasteiger partial charge in [0.1, 0.15) is 5.76 Å². The fourth-order valence-corrected chi connectivity index (χ4v) is 3.61. The smallest absolute Gasteiger partial charge is 0.253 e. The van der Waals surface area contributed by atoms with Crippen LogP contribution in [0.2, 0.25) is 5.02 Å². The molecule has 7 heteroatoms. The SMILES string of the molecule is O=C(CCCSc1ccc(Cl)cc1)Nc1ccccc1C(=O)NCc1ccco1. The van der Waals surface area contributed by atoms with Gasteiger partial charge in [0.2, 0.25) is 5.91 Å². The van der Waals surface area contributed by atoms with Gasteiger partial charge in [-0.05, 0) is 60.7 Å². The van der Waals surface area contributed by atoms with Gasteiger partial charge < -0.3 is 15.1 Å². The van der Waals surface area contributed by atoms with Crippen molar-refractivity contribution in [3.05, 3.63) is 83.3 Å². The number of benzene rings is 2. The molecule has 150 valence electrons. The summed E-state index contributed by atoms with van der Waals surface area (Å²) in [6.45, 7) is 0.288. The number of nitrogens with one attached hydrogen (secondary N) is 2. The lowest BCUT2D eigenvalue weighted by Gasteiger charge is -2.11. The summed E-state index contributed by atoms with van der Waals surface area (Å²) in [4.78, 5) is 25.9. The van der Waals surface area contributed by atoms with Crippen molar-refractivity contribution in [2.24, 2.45) is 0 Å². The van der Waals surface area contributed by atoms with Crippen molar-refractivity contribution in [2.45, 2.75) is 24.3 Å². The standard InChI is InChI=1S/C22H21ClN2O3S/c23-16-9-11-18(12-10-16)29-14-4-8-21(26)25-20-7-2-1-6-19(20)22(27)24-15-17-5-3-13-28-17/h1-3,5-7,9-13H,4,8,14-15H2,(H,24,27)(H,25,26). The Bertz CT molecular complexity index is 943. The number of halogens is 1. The molecule has 0 bridgehead atoms. The first kappa shape index (κ1) is 21.0. The second-order valence-corrected chi connectivity index (χ2v) is 7.87. The Morgan fingerprint density at radius 3 is 2.55 bits per heavy atom. The maximum absolute atomic E-state index is 12.5. The van der Waals surface area contributed by atoms with Gasteiger partial charge in [-0.1, -0.05) is 23.7 Å². The highest BCUT2D eigenvalue weighted by atomic mass is 35.5. The molecule has 2 amide bonds. The molecule has 0 fully saturated rings. The van der Waals surface area contributed by atoms with Gasteiger partial charge in [-0.3, -0.25) is 9.59 Å².